The van der Waals surface area contributed by atoms with Crippen LogP contribution in [-0.2, 0) is 0 Å². The van der Waals surface area contributed by atoms with E-state index in [0.29, 0.717) is 12.1 Å². The Balaban J connectivity index is 2.10. The van der Waals surface area contributed by atoms with Crippen molar-refractivity contribution in [2.24, 2.45) is 11.5 Å². The third-order valence-corrected chi connectivity index (χ3v) is 3.53. The molecule has 1 aliphatic rings. The fraction of sp³-hybridized carbons (Fsp3) is 0.462. The molecule has 1 amide bonds. The first-order valence-corrected chi connectivity index (χ1v) is 6.03. The number of rotatable bonds is 4. The van der Waals surface area contributed by atoms with Crippen LogP contribution in [0.15, 0.2) is 24.3 Å². The summed E-state index contributed by atoms with van der Waals surface area (Å²) in [7, 11) is 0. The maximum atomic E-state index is 11.0. The van der Waals surface area contributed by atoms with Crippen LogP contribution in [-0.4, -0.2) is 18.0 Å². The van der Waals surface area contributed by atoms with Crippen LogP contribution in [0.2, 0.25) is 0 Å². The number of hydrogen-bond donors (Lipinski definition) is 3. The minimum atomic E-state index is -0.397. The molecule has 0 aromatic heterocycles. The maximum Gasteiger partial charge on any atom is 0.248 e. The maximum absolute atomic E-state index is 11.0. The van der Waals surface area contributed by atoms with Gasteiger partial charge in [0.15, 0.2) is 0 Å². The lowest BCUT2D eigenvalue weighted by Gasteiger charge is -2.30. The molecular weight excluding hydrogens is 214 g/mol. The first kappa shape index (κ1) is 11.9. The van der Waals surface area contributed by atoms with Crippen molar-refractivity contribution in [2.75, 3.05) is 11.9 Å². The Hall–Kier alpha value is -1.55. The van der Waals surface area contributed by atoms with E-state index in [2.05, 4.69) is 5.32 Å². The Morgan fingerprint density at radius 3 is 2.29 bits per heavy atom. The lowest BCUT2D eigenvalue weighted by Crippen LogP contribution is -2.42. The van der Waals surface area contributed by atoms with Crippen LogP contribution in [0.1, 0.15) is 36.0 Å². The monoisotopic (exact) mass is 233 g/mol. The highest BCUT2D eigenvalue weighted by atomic mass is 16.1. The first-order chi connectivity index (χ1) is 8.15. The molecule has 1 fully saturated rings. The van der Waals surface area contributed by atoms with Crippen LogP contribution in [0, 0.1) is 0 Å². The first-order valence-electron chi connectivity index (χ1n) is 6.03. The second-order valence-corrected chi connectivity index (χ2v) is 4.76. The Kier molecular flexibility index (Phi) is 3.33. The van der Waals surface area contributed by atoms with E-state index in [-0.39, 0.29) is 5.54 Å². The number of nitrogens with one attached hydrogen (secondary N) is 1. The Labute approximate surface area is 101 Å². The molecular formula is C13H19N3O. The van der Waals surface area contributed by atoms with Crippen molar-refractivity contribution in [1.29, 1.82) is 0 Å². The molecule has 4 heteroatoms. The molecule has 17 heavy (non-hydrogen) atoms. The molecule has 0 heterocycles. The van der Waals surface area contributed by atoms with E-state index < -0.39 is 5.91 Å². The van der Waals surface area contributed by atoms with Gasteiger partial charge < -0.3 is 16.8 Å². The molecule has 0 spiro atoms. The quantitative estimate of drug-likeness (QED) is 0.736. The number of benzene rings is 1. The molecule has 0 aliphatic heterocycles. The summed E-state index contributed by atoms with van der Waals surface area (Å²) in [6.07, 6.45) is 4.68. The van der Waals surface area contributed by atoms with E-state index in [4.69, 9.17) is 11.5 Å². The average molecular weight is 233 g/mol. The standard InChI is InChI=1S/C13H19N3O/c14-9-13(7-1-2-8-13)16-11-5-3-10(4-6-11)12(15)17/h3-6,16H,1-2,7-9,14H2,(H2,15,17). The summed E-state index contributed by atoms with van der Waals surface area (Å²) in [5.41, 5.74) is 12.6. The normalized spacial score (nSPS) is 17.9. The molecule has 4 nitrogen and oxygen atoms in total. The molecule has 1 aromatic rings. The minimum absolute atomic E-state index is 0.0360. The molecule has 0 unspecified atom stereocenters. The highest BCUT2D eigenvalue weighted by molar-refractivity contribution is 5.93. The van der Waals surface area contributed by atoms with Crippen molar-refractivity contribution < 1.29 is 4.79 Å². The van der Waals surface area contributed by atoms with Gasteiger partial charge in [-0.1, -0.05) is 12.8 Å². The van der Waals surface area contributed by atoms with E-state index >= 15 is 0 Å². The minimum Gasteiger partial charge on any atom is -0.378 e. The van der Waals surface area contributed by atoms with Crippen molar-refractivity contribution in [2.45, 2.75) is 31.2 Å². The predicted molar refractivity (Wildman–Crippen MR) is 68.8 cm³/mol. The van der Waals surface area contributed by atoms with Gasteiger partial charge in [0.05, 0.1) is 0 Å². The van der Waals surface area contributed by atoms with Crippen LogP contribution in [0.25, 0.3) is 0 Å². The molecule has 0 atom stereocenters. The molecule has 0 saturated heterocycles. The van der Waals surface area contributed by atoms with Crippen LogP contribution in [0.3, 0.4) is 0 Å². The fourth-order valence-electron chi connectivity index (χ4n) is 2.46. The van der Waals surface area contributed by atoms with E-state index in [9.17, 15) is 4.79 Å². The highest BCUT2D eigenvalue weighted by Crippen LogP contribution is 2.32. The third-order valence-electron chi connectivity index (χ3n) is 3.53. The number of primary amides is 1. The van der Waals surface area contributed by atoms with Gasteiger partial charge in [0.25, 0.3) is 0 Å². The van der Waals surface area contributed by atoms with Gasteiger partial charge in [-0.25, -0.2) is 0 Å². The summed E-state index contributed by atoms with van der Waals surface area (Å²) in [5, 5.41) is 3.49. The van der Waals surface area contributed by atoms with Gasteiger partial charge in [-0.3, -0.25) is 4.79 Å². The van der Waals surface area contributed by atoms with Gasteiger partial charge in [-0.05, 0) is 37.1 Å². The number of carbonyl (C=O) groups is 1. The zero-order valence-electron chi connectivity index (χ0n) is 9.91. The Morgan fingerprint density at radius 1 is 1.24 bits per heavy atom. The predicted octanol–water partition coefficient (Wildman–Crippen LogP) is 1.47. The van der Waals surface area contributed by atoms with E-state index in [0.717, 1.165) is 18.5 Å². The summed E-state index contributed by atoms with van der Waals surface area (Å²) in [4.78, 5) is 11.0. The highest BCUT2D eigenvalue weighted by Gasteiger charge is 2.31. The van der Waals surface area contributed by atoms with E-state index in [1.54, 1.807) is 12.1 Å². The molecule has 5 N–H and O–H groups in total. The Bertz CT molecular complexity index is 394. The SMILES string of the molecule is NCC1(Nc2ccc(C(N)=O)cc2)CCCC1. The van der Waals surface area contributed by atoms with Crippen LogP contribution in [0.4, 0.5) is 5.69 Å². The summed E-state index contributed by atoms with van der Waals surface area (Å²) >= 11 is 0. The lowest BCUT2D eigenvalue weighted by atomic mass is 9.97. The third kappa shape index (κ3) is 2.58. The number of carbonyl (C=O) groups excluding carboxylic acids is 1. The summed E-state index contributed by atoms with van der Waals surface area (Å²) in [6.45, 7) is 0.643. The van der Waals surface area contributed by atoms with Crippen molar-refractivity contribution in [1.82, 2.24) is 0 Å². The number of hydrogen-bond acceptors (Lipinski definition) is 3. The molecule has 0 radical (unpaired) electrons. The van der Waals surface area contributed by atoms with Gasteiger partial charge in [0.1, 0.15) is 0 Å². The largest absolute Gasteiger partial charge is 0.378 e. The topological polar surface area (TPSA) is 81.1 Å². The van der Waals surface area contributed by atoms with Gasteiger partial charge in [-0.2, -0.15) is 0 Å². The van der Waals surface area contributed by atoms with Crippen LogP contribution >= 0.6 is 0 Å². The number of nitrogens with two attached hydrogens (primary N) is 2. The van der Waals surface area contributed by atoms with E-state index in [1.807, 2.05) is 12.1 Å². The molecule has 0 bridgehead atoms. The zero-order valence-corrected chi connectivity index (χ0v) is 9.91. The molecule has 1 aromatic carbocycles. The second-order valence-electron chi connectivity index (χ2n) is 4.76. The molecule has 1 aliphatic carbocycles. The second kappa shape index (κ2) is 4.75. The molecule has 2 rings (SSSR count). The van der Waals surface area contributed by atoms with Crippen LogP contribution in [0.5, 0.6) is 0 Å². The van der Waals surface area contributed by atoms with E-state index in [1.165, 1.54) is 12.8 Å². The van der Waals surface area contributed by atoms with Crippen molar-refractivity contribution in [3.8, 4) is 0 Å². The van der Waals surface area contributed by atoms with Gasteiger partial charge in [0.2, 0.25) is 5.91 Å². The van der Waals surface area contributed by atoms with Crippen molar-refractivity contribution in [3.63, 3.8) is 0 Å². The number of anilines is 1. The molecule has 92 valence electrons. The average Bonchev–Trinajstić information content (AvgIpc) is 2.79. The van der Waals surface area contributed by atoms with Crippen LogP contribution < -0.4 is 16.8 Å². The molecule has 1 saturated carbocycles. The fourth-order valence-corrected chi connectivity index (χ4v) is 2.46. The van der Waals surface area contributed by atoms with Crippen molar-refractivity contribution in [3.05, 3.63) is 29.8 Å². The van der Waals surface area contributed by atoms with Gasteiger partial charge in [-0.15, -0.1) is 0 Å². The van der Waals surface area contributed by atoms with Gasteiger partial charge in [0, 0.05) is 23.3 Å². The summed E-state index contributed by atoms with van der Waals surface area (Å²) < 4.78 is 0. The summed E-state index contributed by atoms with van der Waals surface area (Å²) in [6, 6.07) is 7.25. The van der Waals surface area contributed by atoms with Crippen molar-refractivity contribution >= 4 is 11.6 Å². The van der Waals surface area contributed by atoms with Gasteiger partial charge >= 0.3 is 0 Å². The Morgan fingerprint density at radius 2 is 1.82 bits per heavy atom. The smallest absolute Gasteiger partial charge is 0.248 e. The summed E-state index contributed by atoms with van der Waals surface area (Å²) in [5.74, 6) is -0.397. The number of amides is 1. The zero-order chi connectivity index (χ0) is 12.3. The lowest BCUT2D eigenvalue weighted by molar-refractivity contribution is 0.100.